The van der Waals surface area contributed by atoms with E-state index in [0.717, 1.165) is 14.4 Å². The van der Waals surface area contributed by atoms with Crippen molar-refractivity contribution in [1.29, 1.82) is 0 Å². The molecule has 0 unspecified atom stereocenters. The van der Waals surface area contributed by atoms with Crippen molar-refractivity contribution in [3.05, 3.63) is 44.3 Å². The van der Waals surface area contributed by atoms with Gasteiger partial charge in [0.15, 0.2) is 0 Å². The number of carbonyl (C=O) groups is 1. The largest absolute Gasteiger partial charge is 0.347 e. The van der Waals surface area contributed by atoms with Crippen LogP contribution in [-0.2, 0) is 6.54 Å². The van der Waals surface area contributed by atoms with E-state index in [1.54, 1.807) is 17.4 Å². The minimum absolute atomic E-state index is 0.204. The maximum Gasteiger partial charge on any atom is 0.255 e. The summed E-state index contributed by atoms with van der Waals surface area (Å²) in [5, 5.41) is 2.84. The molecule has 0 saturated carbocycles. The van der Waals surface area contributed by atoms with Crippen molar-refractivity contribution >= 4 is 38.9 Å². The summed E-state index contributed by atoms with van der Waals surface area (Å²) in [6.07, 6.45) is 1.52. The predicted molar refractivity (Wildman–Crippen MR) is 80.0 cm³/mol. The van der Waals surface area contributed by atoms with Crippen LogP contribution >= 0.6 is 27.3 Å². The molecular weight excluding hydrogens is 328 g/mol. The number of nitrogens with one attached hydrogen (secondary N) is 2. The van der Waals surface area contributed by atoms with E-state index in [2.05, 4.69) is 31.7 Å². The smallest absolute Gasteiger partial charge is 0.255 e. The molecule has 4 N–H and O–H groups in total. The Balaban J connectivity index is 2.07. The van der Waals surface area contributed by atoms with Crippen LogP contribution in [0.5, 0.6) is 0 Å². The summed E-state index contributed by atoms with van der Waals surface area (Å²) < 4.78 is 1.04. The number of nitrogen functional groups attached to an aromatic ring is 1. The van der Waals surface area contributed by atoms with Gasteiger partial charge >= 0.3 is 0 Å². The summed E-state index contributed by atoms with van der Waals surface area (Å²) in [7, 11) is 0. The number of nitrogens with zero attached hydrogens (tertiary/aromatic N) is 1. The van der Waals surface area contributed by atoms with E-state index in [-0.39, 0.29) is 5.91 Å². The van der Waals surface area contributed by atoms with E-state index in [1.807, 2.05) is 19.1 Å². The number of pyridine rings is 1. The third kappa shape index (κ3) is 3.52. The molecule has 0 aliphatic rings. The molecule has 0 atom stereocenters. The molecule has 0 aliphatic heterocycles. The quantitative estimate of drug-likeness (QED) is 0.589. The molecule has 2 rings (SSSR count). The third-order valence-electron chi connectivity index (χ3n) is 2.49. The zero-order valence-corrected chi connectivity index (χ0v) is 12.6. The average Bonchev–Trinajstić information content (AvgIpc) is 2.81. The third-order valence-corrected chi connectivity index (χ3v) is 4.12. The fraction of sp³-hybridized carbons (Fsp3) is 0.167. The summed E-state index contributed by atoms with van der Waals surface area (Å²) in [5.41, 5.74) is 4.31. The first-order valence-corrected chi connectivity index (χ1v) is 7.17. The second kappa shape index (κ2) is 6.14. The van der Waals surface area contributed by atoms with E-state index < -0.39 is 0 Å². The number of hydrogen-bond donors (Lipinski definition) is 3. The molecule has 2 aromatic heterocycles. The van der Waals surface area contributed by atoms with Crippen molar-refractivity contribution in [1.82, 2.24) is 10.3 Å². The topological polar surface area (TPSA) is 80.0 Å². The van der Waals surface area contributed by atoms with Gasteiger partial charge in [-0.2, -0.15) is 0 Å². The number of halogens is 1. The van der Waals surface area contributed by atoms with Gasteiger partial charge < -0.3 is 10.7 Å². The first kappa shape index (κ1) is 14.0. The molecule has 0 bridgehead atoms. The fourth-order valence-electron chi connectivity index (χ4n) is 1.57. The van der Waals surface area contributed by atoms with Gasteiger partial charge in [0.2, 0.25) is 0 Å². The number of thiophene rings is 1. The molecule has 0 radical (unpaired) electrons. The van der Waals surface area contributed by atoms with Crippen molar-refractivity contribution in [3.63, 3.8) is 0 Å². The lowest BCUT2D eigenvalue weighted by Crippen LogP contribution is -2.24. The van der Waals surface area contributed by atoms with Crippen LogP contribution in [0.1, 0.15) is 20.9 Å². The normalized spacial score (nSPS) is 10.3. The van der Waals surface area contributed by atoms with Crippen molar-refractivity contribution in [3.8, 4) is 0 Å². The number of hydrazine groups is 1. The fourth-order valence-corrected chi connectivity index (χ4v) is 2.99. The maximum atomic E-state index is 12.1. The number of aryl methyl sites for hydroxylation is 1. The van der Waals surface area contributed by atoms with Crippen LogP contribution in [0.3, 0.4) is 0 Å². The summed E-state index contributed by atoms with van der Waals surface area (Å²) in [5.74, 6) is 5.20. The number of hydrogen-bond acceptors (Lipinski definition) is 5. The van der Waals surface area contributed by atoms with Crippen molar-refractivity contribution in [2.75, 3.05) is 5.43 Å². The van der Waals surface area contributed by atoms with Crippen LogP contribution in [0.25, 0.3) is 0 Å². The molecule has 1 amide bonds. The van der Waals surface area contributed by atoms with Crippen molar-refractivity contribution in [2.45, 2.75) is 13.5 Å². The van der Waals surface area contributed by atoms with Crippen LogP contribution in [0.15, 0.2) is 28.2 Å². The summed E-state index contributed by atoms with van der Waals surface area (Å²) in [6.45, 7) is 2.32. The predicted octanol–water partition coefficient (Wildman–Crippen LogP) is 2.43. The molecule has 100 valence electrons. The van der Waals surface area contributed by atoms with Crippen LogP contribution < -0.4 is 16.6 Å². The molecule has 0 saturated heterocycles. The molecule has 2 aromatic rings. The van der Waals surface area contributed by atoms with Gasteiger partial charge in [0.1, 0.15) is 0 Å². The minimum atomic E-state index is -0.204. The zero-order chi connectivity index (χ0) is 13.8. The van der Waals surface area contributed by atoms with Crippen LogP contribution in [0.2, 0.25) is 0 Å². The van der Waals surface area contributed by atoms with Gasteiger partial charge in [0, 0.05) is 16.8 Å². The van der Waals surface area contributed by atoms with E-state index in [4.69, 9.17) is 5.84 Å². The standard InChI is InChI=1S/C12H13BrN4OS/c1-7-4-10(17-14)9(6-15-7)12(18)16-5-8-2-3-11(13)19-8/h2-4,6H,5,14H2,1H3,(H,15,17)(H,16,18). The summed E-state index contributed by atoms with van der Waals surface area (Å²) in [4.78, 5) is 17.2. The summed E-state index contributed by atoms with van der Waals surface area (Å²) >= 11 is 4.97. The Morgan fingerprint density at radius 1 is 1.53 bits per heavy atom. The average molecular weight is 341 g/mol. The first-order valence-electron chi connectivity index (χ1n) is 5.56. The maximum absolute atomic E-state index is 12.1. The molecule has 19 heavy (non-hydrogen) atoms. The SMILES string of the molecule is Cc1cc(NN)c(C(=O)NCc2ccc(Br)s2)cn1. The van der Waals surface area contributed by atoms with Gasteiger partial charge in [-0.15, -0.1) is 11.3 Å². The second-order valence-corrected chi connectivity index (χ2v) is 6.45. The number of anilines is 1. The molecule has 2 heterocycles. The number of nitrogens with two attached hydrogens (primary N) is 1. The first-order chi connectivity index (χ1) is 9.10. The van der Waals surface area contributed by atoms with Crippen molar-refractivity contribution < 1.29 is 4.79 Å². The van der Waals surface area contributed by atoms with E-state index in [1.165, 1.54) is 6.20 Å². The lowest BCUT2D eigenvalue weighted by Gasteiger charge is -2.09. The molecule has 0 aromatic carbocycles. The molecule has 0 fully saturated rings. The highest BCUT2D eigenvalue weighted by Gasteiger charge is 2.12. The molecule has 0 spiro atoms. The Hall–Kier alpha value is -1.44. The van der Waals surface area contributed by atoms with E-state index >= 15 is 0 Å². The monoisotopic (exact) mass is 340 g/mol. The van der Waals surface area contributed by atoms with Gasteiger partial charge in [-0.1, -0.05) is 0 Å². The van der Waals surface area contributed by atoms with Gasteiger partial charge in [0.25, 0.3) is 5.91 Å². The zero-order valence-electron chi connectivity index (χ0n) is 10.2. The highest BCUT2D eigenvalue weighted by Crippen LogP contribution is 2.22. The molecule has 0 aliphatic carbocycles. The molecule has 7 heteroatoms. The number of carbonyl (C=O) groups excluding carboxylic acids is 1. The number of amides is 1. The van der Waals surface area contributed by atoms with Gasteiger partial charge in [0.05, 0.1) is 21.6 Å². The number of aromatic nitrogens is 1. The van der Waals surface area contributed by atoms with Crippen LogP contribution in [0.4, 0.5) is 5.69 Å². The highest BCUT2D eigenvalue weighted by atomic mass is 79.9. The lowest BCUT2D eigenvalue weighted by molar-refractivity contribution is 0.0951. The number of rotatable bonds is 4. The van der Waals surface area contributed by atoms with Gasteiger partial charge in [-0.05, 0) is 41.1 Å². The van der Waals surface area contributed by atoms with Gasteiger partial charge in [-0.25, -0.2) is 0 Å². The van der Waals surface area contributed by atoms with Crippen molar-refractivity contribution in [2.24, 2.45) is 5.84 Å². The lowest BCUT2D eigenvalue weighted by atomic mass is 10.2. The Bertz CT molecular complexity index is 599. The Labute approximate surface area is 123 Å². The Morgan fingerprint density at radius 3 is 2.95 bits per heavy atom. The van der Waals surface area contributed by atoms with Crippen LogP contribution in [-0.4, -0.2) is 10.9 Å². The highest BCUT2D eigenvalue weighted by molar-refractivity contribution is 9.11. The molecule has 5 nitrogen and oxygen atoms in total. The van der Waals surface area contributed by atoms with Gasteiger partial charge in [-0.3, -0.25) is 15.6 Å². The Kier molecular flexibility index (Phi) is 4.52. The van der Waals surface area contributed by atoms with E-state index in [9.17, 15) is 4.79 Å². The second-order valence-electron chi connectivity index (χ2n) is 3.90. The molecular formula is C12H13BrN4OS. The Morgan fingerprint density at radius 2 is 2.32 bits per heavy atom. The van der Waals surface area contributed by atoms with E-state index in [0.29, 0.717) is 17.8 Å². The minimum Gasteiger partial charge on any atom is -0.347 e. The summed E-state index contributed by atoms with van der Waals surface area (Å²) in [6, 6.07) is 5.65. The van der Waals surface area contributed by atoms with Crippen LogP contribution in [0, 0.1) is 6.92 Å².